The van der Waals surface area contributed by atoms with E-state index in [0.717, 1.165) is 24.1 Å². The Morgan fingerprint density at radius 2 is 1.89 bits per heavy atom. The van der Waals surface area contributed by atoms with Gasteiger partial charge in [-0.05, 0) is 49.6 Å². The van der Waals surface area contributed by atoms with Gasteiger partial charge >= 0.3 is 0 Å². The molecule has 1 fully saturated rings. The third kappa shape index (κ3) is 4.04. The predicted octanol–water partition coefficient (Wildman–Crippen LogP) is 2.95. The van der Waals surface area contributed by atoms with Crippen molar-refractivity contribution >= 4 is 11.6 Å². The number of hydrogen-bond donors (Lipinski definition) is 1. The van der Waals surface area contributed by atoms with Crippen LogP contribution in [0.3, 0.4) is 0 Å². The van der Waals surface area contributed by atoms with Crippen LogP contribution in [0.4, 0.5) is 5.69 Å². The van der Waals surface area contributed by atoms with Crippen LogP contribution >= 0.6 is 0 Å². The Morgan fingerprint density at radius 3 is 2.46 bits per heavy atom. The SMILES string of the molecule is COc1cc([C@@H](C)N[C@H]2CCCN(c3cccnc3)C2=O)cc(OC)c1OC. The lowest BCUT2D eigenvalue weighted by atomic mass is 10.0. The number of piperidine rings is 1. The van der Waals surface area contributed by atoms with E-state index >= 15 is 0 Å². The predicted molar refractivity (Wildman–Crippen MR) is 107 cm³/mol. The maximum absolute atomic E-state index is 13.0. The number of amides is 1. The smallest absolute Gasteiger partial charge is 0.244 e. The Balaban J connectivity index is 1.78. The van der Waals surface area contributed by atoms with Crippen molar-refractivity contribution < 1.29 is 19.0 Å². The molecule has 1 aliphatic heterocycles. The zero-order valence-corrected chi connectivity index (χ0v) is 16.8. The Hall–Kier alpha value is -2.80. The zero-order chi connectivity index (χ0) is 20.1. The molecule has 0 saturated carbocycles. The van der Waals surface area contributed by atoms with E-state index in [9.17, 15) is 4.79 Å². The fraction of sp³-hybridized carbons (Fsp3) is 0.429. The molecule has 1 aromatic heterocycles. The molecule has 28 heavy (non-hydrogen) atoms. The summed E-state index contributed by atoms with van der Waals surface area (Å²) in [6.45, 7) is 2.73. The zero-order valence-electron chi connectivity index (χ0n) is 16.8. The van der Waals surface area contributed by atoms with Crippen LogP contribution in [0.2, 0.25) is 0 Å². The molecule has 7 nitrogen and oxygen atoms in total. The average molecular weight is 385 g/mol. The molecule has 2 aromatic rings. The van der Waals surface area contributed by atoms with Gasteiger partial charge in [-0.2, -0.15) is 0 Å². The first-order chi connectivity index (χ1) is 13.6. The van der Waals surface area contributed by atoms with Crippen molar-refractivity contribution in [1.82, 2.24) is 10.3 Å². The highest BCUT2D eigenvalue weighted by Crippen LogP contribution is 2.39. The monoisotopic (exact) mass is 385 g/mol. The van der Waals surface area contributed by atoms with E-state index in [1.165, 1.54) is 0 Å². The summed E-state index contributed by atoms with van der Waals surface area (Å²) in [7, 11) is 4.76. The lowest BCUT2D eigenvalue weighted by molar-refractivity contribution is -0.122. The molecule has 1 aromatic carbocycles. The molecule has 0 aliphatic carbocycles. The molecule has 2 atom stereocenters. The average Bonchev–Trinajstić information content (AvgIpc) is 2.74. The van der Waals surface area contributed by atoms with E-state index in [4.69, 9.17) is 14.2 Å². The number of carbonyl (C=O) groups excluding carboxylic acids is 1. The van der Waals surface area contributed by atoms with Crippen LogP contribution in [0.5, 0.6) is 17.2 Å². The molecule has 1 aliphatic rings. The third-order valence-corrected chi connectivity index (χ3v) is 5.03. The molecule has 2 heterocycles. The molecular weight excluding hydrogens is 358 g/mol. The number of carbonyl (C=O) groups is 1. The number of ether oxygens (including phenoxy) is 3. The van der Waals surface area contributed by atoms with E-state index in [-0.39, 0.29) is 18.0 Å². The van der Waals surface area contributed by atoms with E-state index in [2.05, 4.69) is 10.3 Å². The van der Waals surface area contributed by atoms with Crippen LogP contribution in [0.25, 0.3) is 0 Å². The first-order valence-electron chi connectivity index (χ1n) is 9.36. The maximum atomic E-state index is 13.0. The molecule has 1 amide bonds. The van der Waals surface area contributed by atoms with E-state index in [0.29, 0.717) is 23.8 Å². The number of nitrogens with zero attached hydrogens (tertiary/aromatic N) is 2. The Bertz CT molecular complexity index is 788. The molecule has 0 bridgehead atoms. The summed E-state index contributed by atoms with van der Waals surface area (Å²) in [6.07, 6.45) is 5.16. The van der Waals surface area contributed by atoms with Gasteiger partial charge in [0.1, 0.15) is 0 Å². The Morgan fingerprint density at radius 1 is 1.18 bits per heavy atom. The number of pyridine rings is 1. The van der Waals surface area contributed by atoms with Gasteiger partial charge in [-0.3, -0.25) is 15.1 Å². The molecule has 1 saturated heterocycles. The van der Waals surface area contributed by atoms with Crippen LogP contribution in [0, 0.1) is 0 Å². The Labute approximate surface area is 165 Å². The number of benzene rings is 1. The first-order valence-corrected chi connectivity index (χ1v) is 9.36. The number of anilines is 1. The van der Waals surface area contributed by atoms with Gasteiger partial charge < -0.3 is 19.1 Å². The molecular formula is C21H27N3O4. The summed E-state index contributed by atoms with van der Waals surface area (Å²) in [5, 5.41) is 3.46. The van der Waals surface area contributed by atoms with E-state index in [1.807, 2.05) is 31.2 Å². The quantitative estimate of drug-likeness (QED) is 0.790. The van der Waals surface area contributed by atoms with Gasteiger partial charge in [0, 0.05) is 18.8 Å². The van der Waals surface area contributed by atoms with Crippen LogP contribution < -0.4 is 24.4 Å². The van der Waals surface area contributed by atoms with Gasteiger partial charge in [-0.1, -0.05) is 0 Å². The molecule has 150 valence electrons. The lowest BCUT2D eigenvalue weighted by Gasteiger charge is -2.34. The van der Waals surface area contributed by atoms with Crippen molar-refractivity contribution in [2.45, 2.75) is 31.8 Å². The fourth-order valence-electron chi connectivity index (χ4n) is 3.55. The minimum Gasteiger partial charge on any atom is -0.493 e. The van der Waals surface area contributed by atoms with Crippen molar-refractivity contribution in [3.8, 4) is 17.2 Å². The summed E-state index contributed by atoms with van der Waals surface area (Å²) < 4.78 is 16.3. The molecule has 0 spiro atoms. The maximum Gasteiger partial charge on any atom is 0.244 e. The minimum atomic E-state index is -0.261. The molecule has 3 rings (SSSR count). The number of rotatable bonds is 7. The second-order valence-electron chi connectivity index (χ2n) is 6.74. The summed E-state index contributed by atoms with van der Waals surface area (Å²) >= 11 is 0. The van der Waals surface area contributed by atoms with Gasteiger partial charge in [-0.25, -0.2) is 0 Å². The molecule has 0 radical (unpaired) electrons. The van der Waals surface area contributed by atoms with Gasteiger partial charge in [0.25, 0.3) is 0 Å². The van der Waals surface area contributed by atoms with Crippen molar-refractivity contribution in [2.24, 2.45) is 0 Å². The standard InChI is InChI=1S/C21H27N3O4/c1-14(15-11-18(26-2)20(28-4)19(12-15)27-3)23-17-8-6-10-24(21(17)25)16-7-5-9-22-13-16/h5,7,9,11-14,17,23H,6,8,10H2,1-4H3/t14-,17+/m1/s1. The second-order valence-corrected chi connectivity index (χ2v) is 6.74. The fourth-order valence-corrected chi connectivity index (χ4v) is 3.55. The highest BCUT2D eigenvalue weighted by Gasteiger charge is 2.31. The van der Waals surface area contributed by atoms with Gasteiger partial charge in [0.05, 0.1) is 39.3 Å². The van der Waals surface area contributed by atoms with Crippen molar-refractivity contribution in [2.75, 3.05) is 32.8 Å². The van der Waals surface area contributed by atoms with Crippen LogP contribution in [-0.2, 0) is 4.79 Å². The van der Waals surface area contributed by atoms with E-state index < -0.39 is 0 Å². The van der Waals surface area contributed by atoms with Crippen LogP contribution in [0.1, 0.15) is 31.4 Å². The lowest BCUT2D eigenvalue weighted by Crippen LogP contribution is -2.51. The summed E-state index contributed by atoms with van der Waals surface area (Å²) in [5.41, 5.74) is 1.79. The molecule has 0 unspecified atom stereocenters. The number of nitrogens with one attached hydrogen (secondary N) is 1. The van der Waals surface area contributed by atoms with Gasteiger partial charge in [0.15, 0.2) is 11.5 Å². The van der Waals surface area contributed by atoms with Gasteiger partial charge in [0.2, 0.25) is 11.7 Å². The number of hydrogen-bond acceptors (Lipinski definition) is 6. The van der Waals surface area contributed by atoms with Crippen LogP contribution in [0.15, 0.2) is 36.7 Å². The van der Waals surface area contributed by atoms with Crippen molar-refractivity contribution in [1.29, 1.82) is 0 Å². The highest BCUT2D eigenvalue weighted by atomic mass is 16.5. The number of aromatic nitrogens is 1. The van der Waals surface area contributed by atoms with E-state index in [1.54, 1.807) is 38.6 Å². The highest BCUT2D eigenvalue weighted by molar-refractivity contribution is 5.97. The minimum absolute atomic E-state index is 0.0681. The molecule has 1 N–H and O–H groups in total. The largest absolute Gasteiger partial charge is 0.493 e. The summed E-state index contributed by atoms with van der Waals surface area (Å²) in [6, 6.07) is 7.24. The van der Waals surface area contributed by atoms with Gasteiger partial charge in [-0.15, -0.1) is 0 Å². The normalized spacial score (nSPS) is 17.9. The van der Waals surface area contributed by atoms with Crippen molar-refractivity contribution in [3.05, 3.63) is 42.2 Å². The number of methoxy groups -OCH3 is 3. The first kappa shape index (κ1) is 19.9. The van der Waals surface area contributed by atoms with Crippen molar-refractivity contribution in [3.63, 3.8) is 0 Å². The summed E-state index contributed by atoms with van der Waals surface area (Å²) in [4.78, 5) is 18.9. The topological polar surface area (TPSA) is 72.9 Å². The third-order valence-electron chi connectivity index (χ3n) is 5.03. The Kier molecular flexibility index (Phi) is 6.36. The second kappa shape index (κ2) is 8.93. The summed E-state index contributed by atoms with van der Waals surface area (Å²) in [5.74, 6) is 1.81. The molecule has 7 heteroatoms. The van der Waals surface area contributed by atoms with Crippen LogP contribution in [-0.4, -0.2) is 44.8 Å².